The topological polar surface area (TPSA) is 85.1 Å². The Hall–Kier alpha value is -2.57. The molecule has 1 aromatic carbocycles. The number of rotatable bonds is 7. The van der Waals surface area contributed by atoms with Crippen molar-refractivity contribution in [1.82, 2.24) is 19.8 Å². The largest absolute Gasteiger partial charge is 0.352 e. The van der Waals surface area contributed by atoms with E-state index < -0.39 is 0 Å². The maximum Gasteiger partial charge on any atom is 0.329 e. The van der Waals surface area contributed by atoms with Crippen LogP contribution in [0.3, 0.4) is 0 Å². The molecule has 3 rings (SSSR count). The molecule has 24 heavy (non-hydrogen) atoms. The number of imidazole rings is 1. The molecular formula is C17H22N4O3. The van der Waals surface area contributed by atoms with Crippen molar-refractivity contribution in [2.45, 2.75) is 45.3 Å². The third-order valence-corrected chi connectivity index (χ3v) is 4.19. The number of aryl methyl sites for hydroxylation is 2. The molecule has 0 atom stereocenters. The van der Waals surface area contributed by atoms with Gasteiger partial charge >= 0.3 is 5.69 Å². The monoisotopic (exact) mass is 330 g/mol. The Bertz CT molecular complexity index is 817. The first-order valence-electron chi connectivity index (χ1n) is 8.34. The Morgan fingerprint density at radius 3 is 2.42 bits per heavy atom. The highest BCUT2D eigenvalue weighted by Crippen LogP contribution is 2.18. The van der Waals surface area contributed by atoms with Crippen LogP contribution in [0, 0.1) is 0 Å². The summed E-state index contributed by atoms with van der Waals surface area (Å²) in [6.45, 7) is 2.78. The van der Waals surface area contributed by atoms with E-state index in [9.17, 15) is 14.4 Å². The number of amides is 2. The molecular weight excluding hydrogens is 308 g/mol. The van der Waals surface area contributed by atoms with Gasteiger partial charge in [-0.25, -0.2) is 4.79 Å². The highest BCUT2D eigenvalue weighted by molar-refractivity contribution is 5.85. The van der Waals surface area contributed by atoms with Gasteiger partial charge in [0.05, 0.1) is 17.6 Å². The van der Waals surface area contributed by atoms with Gasteiger partial charge in [-0.05, 0) is 31.9 Å². The average Bonchev–Trinajstić information content (AvgIpc) is 3.34. The summed E-state index contributed by atoms with van der Waals surface area (Å²) < 4.78 is 3.30. The first-order valence-corrected chi connectivity index (χ1v) is 8.34. The van der Waals surface area contributed by atoms with Gasteiger partial charge in [0.15, 0.2) is 0 Å². The zero-order chi connectivity index (χ0) is 17.1. The molecule has 0 spiro atoms. The molecule has 128 valence electrons. The summed E-state index contributed by atoms with van der Waals surface area (Å²) in [6, 6.07) is 7.83. The molecule has 7 nitrogen and oxygen atoms in total. The first-order chi connectivity index (χ1) is 11.6. The number of benzene rings is 1. The number of aromatic nitrogens is 2. The third-order valence-electron chi connectivity index (χ3n) is 4.19. The standard InChI is InChI=1S/C17H22N4O3/c1-2-20-13-5-3-4-6-14(13)21(17(20)24)10-9-15(22)18-11-16(23)19-12-7-8-12/h3-6,12H,2,7-11H2,1H3,(H,18,22)(H,19,23). The molecule has 0 bridgehead atoms. The zero-order valence-corrected chi connectivity index (χ0v) is 13.7. The average molecular weight is 330 g/mol. The molecule has 0 radical (unpaired) electrons. The minimum Gasteiger partial charge on any atom is -0.352 e. The molecule has 0 saturated heterocycles. The third kappa shape index (κ3) is 3.50. The van der Waals surface area contributed by atoms with Crippen molar-refractivity contribution in [3.63, 3.8) is 0 Å². The van der Waals surface area contributed by atoms with E-state index in [2.05, 4.69) is 10.6 Å². The number of fused-ring (bicyclic) bond motifs is 1. The summed E-state index contributed by atoms with van der Waals surface area (Å²) in [6.07, 6.45) is 2.20. The smallest absolute Gasteiger partial charge is 0.329 e. The van der Waals surface area contributed by atoms with E-state index in [0.29, 0.717) is 13.1 Å². The van der Waals surface area contributed by atoms with Gasteiger partial charge in [0.25, 0.3) is 0 Å². The minimum absolute atomic E-state index is 0.0129. The number of carbonyl (C=O) groups excluding carboxylic acids is 2. The predicted molar refractivity (Wildman–Crippen MR) is 90.7 cm³/mol. The minimum atomic E-state index is -0.235. The highest BCUT2D eigenvalue weighted by Gasteiger charge is 2.23. The van der Waals surface area contributed by atoms with Crippen LogP contribution in [0.1, 0.15) is 26.2 Å². The fourth-order valence-electron chi connectivity index (χ4n) is 2.78. The van der Waals surface area contributed by atoms with E-state index >= 15 is 0 Å². The number of para-hydroxylation sites is 2. The fraction of sp³-hybridized carbons (Fsp3) is 0.471. The lowest BCUT2D eigenvalue weighted by Crippen LogP contribution is -2.38. The predicted octanol–water partition coefficient (Wildman–Crippen LogP) is 0.608. The van der Waals surface area contributed by atoms with Crippen LogP contribution in [0.25, 0.3) is 11.0 Å². The molecule has 1 aromatic heterocycles. The van der Waals surface area contributed by atoms with Gasteiger partial charge in [-0.2, -0.15) is 0 Å². The summed E-state index contributed by atoms with van der Waals surface area (Å²) in [4.78, 5) is 35.9. The molecule has 0 aliphatic heterocycles. The summed E-state index contributed by atoms with van der Waals surface area (Å²) in [5.74, 6) is -0.397. The van der Waals surface area contributed by atoms with Crippen LogP contribution in [0.15, 0.2) is 29.1 Å². The van der Waals surface area contributed by atoms with Gasteiger partial charge in [-0.15, -0.1) is 0 Å². The van der Waals surface area contributed by atoms with Crippen LogP contribution in [0.2, 0.25) is 0 Å². The molecule has 1 aliphatic rings. The molecule has 2 aromatic rings. The number of hydrogen-bond donors (Lipinski definition) is 2. The molecule has 1 heterocycles. The molecule has 1 saturated carbocycles. The Labute approximate surface area is 139 Å². The number of nitrogens with zero attached hydrogens (tertiary/aromatic N) is 2. The SMILES string of the molecule is CCn1c(=O)n(CCC(=O)NCC(=O)NC2CC2)c2ccccc21. The number of carbonyl (C=O) groups is 2. The molecule has 1 fully saturated rings. The summed E-state index contributed by atoms with van der Waals surface area (Å²) >= 11 is 0. The first kappa shape index (κ1) is 16.3. The molecule has 2 N–H and O–H groups in total. The Kier molecular flexibility index (Phi) is 4.69. The summed E-state index contributed by atoms with van der Waals surface area (Å²) in [5, 5.41) is 5.42. The van der Waals surface area contributed by atoms with E-state index in [1.54, 1.807) is 9.13 Å². The summed E-state index contributed by atoms with van der Waals surface area (Å²) in [7, 11) is 0. The molecule has 7 heteroatoms. The Morgan fingerprint density at radius 1 is 1.12 bits per heavy atom. The number of hydrogen-bond acceptors (Lipinski definition) is 3. The van der Waals surface area contributed by atoms with Gasteiger partial charge in [-0.1, -0.05) is 12.1 Å². The van der Waals surface area contributed by atoms with Crippen molar-refractivity contribution in [3.05, 3.63) is 34.7 Å². The van der Waals surface area contributed by atoms with Crippen LogP contribution in [0.4, 0.5) is 0 Å². The van der Waals surface area contributed by atoms with Crippen LogP contribution in [-0.4, -0.2) is 33.5 Å². The van der Waals surface area contributed by atoms with Crippen LogP contribution >= 0.6 is 0 Å². The molecule has 2 amide bonds. The zero-order valence-electron chi connectivity index (χ0n) is 13.7. The van der Waals surface area contributed by atoms with Crippen LogP contribution in [-0.2, 0) is 22.7 Å². The van der Waals surface area contributed by atoms with Crippen molar-refractivity contribution in [3.8, 4) is 0 Å². The van der Waals surface area contributed by atoms with E-state index in [4.69, 9.17) is 0 Å². The Balaban J connectivity index is 1.60. The Morgan fingerprint density at radius 2 is 1.79 bits per heavy atom. The van der Waals surface area contributed by atoms with Crippen molar-refractivity contribution in [2.24, 2.45) is 0 Å². The van der Waals surface area contributed by atoms with Crippen LogP contribution in [0.5, 0.6) is 0 Å². The van der Waals surface area contributed by atoms with E-state index in [0.717, 1.165) is 23.9 Å². The normalized spacial score (nSPS) is 13.9. The lowest BCUT2D eigenvalue weighted by molar-refractivity contribution is -0.126. The second-order valence-electron chi connectivity index (χ2n) is 6.04. The van der Waals surface area contributed by atoms with E-state index in [1.165, 1.54) is 0 Å². The van der Waals surface area contributed by atoms with Gasteiger partial charge in [0.2, 0.25) is 11.8 Å². The van der Waals surface area contributed by atoms with E-state index in [-0.39, 0.29) is 36.5 Å². The fourth-order valence-corrected chi connectivity index (χ4v) is 2.78. The van der Waals surface area contributed by atoms with E-state index in [1.807, 2.05) is 31.2 Å². The van der Waals surface area contributed by atoms with Crippen molar-refractivity contribution < 1.29 is 9.59 Å². The molecule has 1 aliphatic carbocycles. The van der Waals surface area contributed by atoms with Gasteiger partial charge in [-0.3, -0.25) is 18.7 Å². The second kappa shape index (κ2) is 6.90. The molecule has 0 unspecified atom stereocenters. The van der Waals surface area contributed by atoms with Crippen molar-refractivity contribution in [2.75, 3.05) is 6.54 Å². The van der Waals surface area contributed by atoms with Gasteiger partial charge in [0, 0.05) is 25.6 Å². The van der Waals surface area contributed by atoms with Gasteiger partial charge in [0.1, 0.15) is 0 Å². The van der Waals surface area contributed by atoms with Crippen LogP contribution < -0.4 is 16.3 Å². The maximum atomic E-state index is 12.5. The number of nitrogens with one attached hydrogen (secondary N) is 2. The van der Waals surface area contributed by atoms with Crippen molar-refractivity contribution in [1.29, 1.82) is 0 Å². The van der Waals surface area contributed by atoms with Gasteiger partial charge < -0.3 is 10.6 Å². The highest BCUT2D eigenvalue weighted by atomic mass is 16.2. The maximum absolute atomic E-state index is 12.5. The summed E-state index contributed by atoms with van der Waals surface area (Å²) in [5.41, 5.74) is 1.58. The lowest BCUT2D eigenvalue weighted by atomic mass is 10.3. The lowest BCUT2D eigenvalue weighted by Gasteiger charge is -2.06. The quantitative estimate of drug-likeness (QED) is 0.780. The second-order valence-corrected chi connectivity index (χ2v) is 6.04. The van der Waals surface area contributed by atoms with Crippen molar-refractivity contribution >= 4 is 22.8 Å².